The minimum Gasteiger partial charge on any atom is -0.480 e. The summed E-state index contributed by atoms with van der Waals surface area (Å²) in [5.41, 5.74) is 5.50. The lowest BCUT2D eigenvalue weighted by Gasteiger charge is -2.21. The van der Waals surface area contributed by atoms with E-state index >= 15 is 0 Å². The topological polar surface area (TPSA) is 121 Å². The van der Waals surface area contributed by atoms with Crippen molar-refractivity contribution in [1.29, 1.82) is 0 Å². The van der Waals surface area contributed by atoms with E-state index in [1.54, 1.807) is 0 Å². The van der Waals surface area contributed by atoms with Crippen LogP contribution in [0, 0.1) is 0 Å². The van der Waals surface area contributed by atoms with Gasteiger partial charge in [-0.05, 0) is 6.42 Å². The number of nitrogens with zero attached hydrogens (tertiary/aromatic N) is 1. The van der Waals surface area contributed by atoms with Crippen LogP contribution in [0.4, 0.5) is 0 Å². The lowest BCUT2D eigenvalue weighted by atomic mass is 10.1. The van der Waals surface area contributed by atoms with Gasteiger partial charge in [0, 0.05) is 0 Å². The molecule has 0 aliphatic heterocycles. The van der Waals surface area contributed by atoms with Gasteiger partial charge in [0.25, 0.3) is 0 Å². The molecule has 0 aromatic heterocycles. The molecule has 0 radical (unpaired) electrons. The predicted molar refractivity (Wildman–Crippen MR) is 54.7 cm³/mol. The zero-order valence-electron chi connectivity index (χ0n) is 9.05. The summed E-state index contributed by atoms with van der Waals surface area (Å²) in [5, 5.41) is 17.1. The number of carbonyl (C=O) groups excluding carboxylic acids is 1. The number of carboxylic acids is 2. The second kappa shape index (κ2) is 6.78. The average molecular weight is 232 g/mol. The average Bonchev–Trinajstić information content (AvgIpc) is 2.14. The minimum atomic E-state index is -1.27. The first-order chi connectivity index (χ1) is 7.38. The fraction of sp³-hybridized carbons (Fsp3) is 0.667. The van der Waals surface area contributed by atoms with Crippen LogP contribution in [0.25, 0.3) is 0 Å². The largest absolute Gasteiger partial charge is 0.480 e. The molecule has 0 bridgehead atoms. The van der Waals surface area contributed by atoms with E-state index in [2.05, 4.69) is 0 Å². The van der Waals surface area contributed by atoms with Crippen molar-refractivity contribution < 1.29 is 24.6 Å². The Bertz CT molecular complexity index is 263. The first-order valence-corrected chi connectivity index (χ1v) is 4.86. The van der Waals surface area contributed by atoms with Crippen molar-refractivity contribution in [2.75, 3.05) is 13.1 Å². The lowest BCUT2D eigenvalue weighted by molar-refractivity contribution is -0.149. The molecule has 16 heavy (non-hydrogen) atoms. The number of carbonyl (C=O) groups is 3. The first kappa shape index (κ1) is 14.4. The number of hydrogen-bond acceptors (Lipinski definition) is 4. The van der Waals surface area contributed by atoms with Gasteiger partial charge in [0.15, 0.2) is 0 Å². The fourth-order valence-electron chi connectivity index (χ4n) is 1.21. The van der Waals surface area contributed by atoms with E-state index in [9.17, 15) is 14.4 Å². The maximum absolute atomic E-state index is 11.6. The van der Waals surface area contributed by atoms with Crippen molar-refractivity contribution in [3.8, 4) is 0 Å². The molecule has 1 amide bonds. The van der Waals surface area contributed by atoms with E-state index < -0.39 is 37.0 Å². The summed E-state index contributed by atoms with van der Waals surface area (Å²) in [7, 11) is 0. The Morgan fingerprint density at radius 2 is 1.62 bits per heavy atom. The van der Waals surface area contributed by atoms with Gasteiger partial charge in [-0.3, -0.25) is 14.4 Å². The molecule has 0 aliphatic rings. The Kier molecular flexibility index (Phi) is 6.09. The smallest absolute Gasteiger partial charge is 0.323 e. The molecule has 92 valence electrons. The Labute approximate surface area is 92.8 Å². The van der Waals surface area contributed by atoms with Crippen molar-refractivity contribution in [1.82, 2.24) is 4.90 Å². The molecule has 0 saturated heterocycles. The third kappa shape index (κ3) is 5.30. The van der Waals surface area contributed by atoms with Crippen LogP contribution < -0.4 is 5.73 Å². The van der Waals surface area contributed by atoms with Gasteiger partial charge in [-0.2, -0.15) is 0 Å². The molecule has 0 saturated carbocycles. The SMILES string of the molecule is CCC[C@H](N)C(=O)N(CC(=O)O)CC(=O)O. The second-order valence-corrected chi connectivity index (χ2v) is 3.38. The summed E-state index contributed by atoms with van der Waals surface area (Å²) in [6.45, 7) is 0.525. The Morgan fingerprint density at radius 3 is 1.94 bits per heavy atom. The number of rotatable bonds is 7. The molecule has 7 nitrogen and oxygen atoms in total. The van der Waals surface area contributed by atoms with Crippen molar-refractivity contribution in [3.05, 3.63) is 0 Å². The molecule has 4 N–H and O–H groups in total. The highest BCUT2D eigenvalue weighted by molar-refractivity contribution is 5.88. The summed E-state index contributed by atoms with van der Waals surface area (Å²) >= 11 is 0. The summed E-state index contributed by atoms with van der Waals surface area (Å²) in [5.74, 6) is -3.18. The summed E-state index contributed by atoms with van der Waals surface area (Å²) in [6.07, 6.45) is 1.06. The summed E-state index contributed by atoms with van der Waals surface area (Å²) in [4.78, 5) is 33.2. The summed E-state index contributed by atoms with van der Waals surface area (Å²) < 4.78 is 0. The number of aliphatic carboxylic acids is 2. The monoisotopic (exact) mass is 232 g/mol. The first-order valence-electron chi connectivity index (χ1n) is 4.86. The van der Waals surface area contributed by atoms with E-state index in [0.717, 1.165) is 4.90 Å². The predicted octanol–water partition coefficient (Wildman–Crippen LogP) is -0.888. The number of amides is 1. The normalized spacial score (nSPS) is 11.9. The fourth-order valence-corrected chi connectivity index (χ4v) is 1.21. The molecular weight excluding hydrogens is 216 g/mol. The van der Waals surface area contributed by atoms with Crippen molar-refractivity contribution >= 4 is 17.8 Å². The second-order valence-electron chi connectivity index (χ2n) is 3.38. The number of nitrogens with two attached hydrogens (primary N) is 1. The van der Waals surface area contributed by atoms with E-state index in [1.165, 1.54) is 0 Å². The van der Waals surface area contributed by atoms with Gasteiger partial charge in [0.1, 0.15) is 13.1 Å². The maximum Gasteiger partial charge on any atom is 0.323 e. The molecule has 0 aromatic rings. The standard InChI is InChI=1S/C9H16N2O5/c1-2-3-6(10)9(16)11(4-7(12)13)5-8(14)15/h6H,2-5,10H2,1H3,(H,12,13)(H,14,15)/t6-/m0/s1. The van der Waals surface area contributed by atoms with Crippen LogP contribution in [-0.2, 0) is 14.4 Å². The molecule has 0 spiro atoms. The minimum absolute atomic E-state index is 0.397. The highest BCUT2D eigenvalue weighted by atomic mass is 16.4. The molecule has 7 heteroatoms. The van der Waals surface area contributed by atoms with Crippen LogP contribution in [0.15, 0.2) is 0 Å². The van der Waals surface area contributed by atoms with Crippen LogP contribution in [0.5, 0.6) is 0 Å². The van der Waals surface area contributed by atoms with E-state index in [1.807, 2.05) is 6.92 Å². The number of carboxylic acid groups (broad SMARTS) is 2. The van der Waals surface area contributed by atoms with E-state index in [-0.39, 0.29) is 0 Å². The Balaban J connectivity index is 4.54. The van der Waals surface area contributed by atoms with Crippen molar-refractivity contribution in [2.45, 2.75) is 25.8 Å². The van der Waals surface area contributed by atoms with Gasteiger partial charge < -0.3 is 20.8 Å². The Morgan fingerprint density at radius 1 is 1.19 bits per heavy atom. The molecule has 0 heterocycles. The van der Waals surface area contributed by atoms with E-state index in [4.69, 9.17) is 15.9 Å². The molecule has 0 fully saturated rings. The van der Waals surface area contributed by atoms with Gasteiger partial charge in [-0.1, -0.05) is 13.3 Å². The highest BCUT2D eigenvalue weighted by Gasteiger charge is 2.24. The van der Waals surface area contributed by atoms with Crippen LogP contribution in [-0.4, -0.2) is 52.1 Å². The quantitative estimate of drug-likeness (QED) is 0.523. The highest BCUT2D eigenvalue weighted by Crippen LogP contribution is 2.00. The van der Waals surface area contributed by atoms with Crippen LogP contribution >= 0.6 is 0 Å². The molecule has 1 atom stereocenters. The molecule has 0 aliphatic carbocycles. The Hall–Kier alpha value is -1.63. The van der Waals surface area contributed by atoms with Gasteiger partial charge in [-0.15, -0.1) is 0 Å². The van der Waals surface area contributed by atoms with Crippen molar-refractivity contribution in [2.24, 2.45) is 5.73 Å². The molecule has 0 aromatic carbocycles. The molecule has 0 rings (SSSR count). The van der Waals surface area contributed by atoms with Crippen molar-refractivity contribution in [3.63, 3.8) is 0 Å². The van der Waals surface area contributed by atoms with Crippen LogP contribution in [0.3, 0.4) is 0 Å². The van der Waals surface area contributed by atoms with Gasteiger partial charge in [-0.25, -0.2) is 0 Å². The zero-order chi connectivity index (χ0) is 12.7. The van der Waals surface area contributed by atoms with E-state index in [0.29, 0.717) is 12.8 Å². The van der Waals surface area contributed by atoms with Crippen LogP contribution in [0.1, 0.15) is 19.8 Å². The third-order valence-corrected chi connectivity index (χ3v) is 1.88. The van der Waals surface area contributed by atoms with Gasteiger partial charge >= 0.3 is 11.9 Å². The molecule has 0 unspecified atom stereocenters. The molecular formula is C9H16N2O5. The zero-order valence-corrected chi connectivity index (χ0v) is 9.05. The lowest BCUT2D eigenvalue weighted by Crippen LogP contribution is -2.47. The summed E-state index contributed by atoms with van der Waals surface area (Å²) in [6, 6.07) is -0.844. The third-order valence-electron chi connectivity index (χ3n) is 1.88. The van der Waals surface area contributed by atoms with Gasteiger partial charge in [0.05, 0.1) is 6.04 Å². The van der Waals surface area contributed by atoms with Crippen LogP contribution in [0.2, 0.25) is 0 Å². The number of hydrogen-bond donors (Lipinski definition) is 3. The van der Waals surface area contributed by atoms with Gasteiger partial charge in [0.2, 0.25) is 5.91 Å². The maximum atomic E-state index is 11.6.